The van der Waals surface area contributed by atoms with Crippen molar-refractivity contribution in [3.05, 3.63) is 169 Å². The first kappa shape index (κ1) is 73.3. The number of aromatic hydroxyl groups is 1. The molecule has 12 rings (SSSR count). The van der Waals surface area contributed by atoms with Crippen LogP contribution in [0.3, 0.4) is 0 Å². The number of carbonyl (C=O) groups excluding carboxylic acids is 2. The molecule has 12 N–H and O–H groups in total. The van der Waals surface area contributed by atoms with Gasteiger partial charge >= 0.3 is 0 Å². The van der Waals surface area contributed by atoms with Crippen molar-refractivity contribution in [3.63, 3.8) is 0 Å². The molecule has 0 unspecified atom stereocenters. The Hall–Kier alpha value is -11.5. The summed E-state index contributed by atoms with van der Waals surface area (Å²) < 4.78 is 6.29. The molecule has 0 saturated carbocycles. The molecule has 31 nitrogen and oxygen atoms in total. The molecule has 0 spiro atoms. The number of thiazole rings is 4. The number of carbonyl (C=O) groups is 2. The highest BCUT2D eigenvalue weighted by Crippen LogP contribution is 2.41. The molecule has 4 aliphatic heterocycles. The maximum Gasteiger partial charge on any atom is 0.248 e. The number of phenols is 1. The first-order valence-corrected chi connectivity index (χ1v) is 36.8. The number of hydrogen-bond donors (Lipinski definition) is 12. The third-order valence-corrected chi connectivity index (χ3v) is 21.6. The summed E-state index contributed by atoms with van der Waals surface area (Å²) in [4.78, 5) is 95.3. The molecule has 10 bridgehead atoms. The third-order valence-electron chi connectivity index (χ3n) is 16.9. The Bertz CT molecular complexity index is 5010. The quantitative estimate of drug-likeness (QED) is 0.0297. The number of aryl methyl sites for hydroxylation is 1. The zero-order valence-electron chi connectivity index (χ0n) is 55.8. The van der Waals surface area contributed by atoms with E-state index in [1.807, 2.05) is 35.7 Å². The van der Waals surface area contributed by atoms with Crippen LogP contribution in [0.2, 0.25) is 0 Å². The normalized spacial score (nSPS) is 20.2. The molecule has 0 aliphatic carbocycles. The van der Waals surface area contributed by atoms with Crippen molar-refractivity contribution >= 4 is 127 Å². The number of hydrogen-bond acceptors (Lipinski definition) is 25. The smallest absolute Gasteiger partial charge is 0.248 e. The van der Waals surface area contributed by atoms with Gasteiger partial charge in [0.05, 0.1) is 28.8 Å². The number of thioether (sulfide) groups is 1. The van der Waals surface area contributed by atoms with E-state index in [0.717, 1.165) is 28.2 Å². The van der Waals surface area contributed by atoms with E-state index in [9.17, 15) is 55.9 Å². The van der Waals surface area contributed by atoms with Crippen molar-refractivity contribution in [1.29, 1.82) is 10.8 Å². The largest absolute Gasteiger partial charge is 0.508 e. The number of aliphatic hydroxyl groups is 9. The highest BCUT2D eigenvalue weighted by atomic mass is 32.2. The SMILES string of the molecule is C=C(N=C(O)C(=C)N=C(O)[C@@H]1CCCN1C(=O)[C@H](C)N=C(O)C(=C)N=C(O)c1csc(-c2ccc3c(n2)-c2csc(n2)-c2csc(n2)[C@@H]2CCCN2C(=O)[C@H](Cc2ccc(O)cc2)N=C(O)[C@@H]2CSC(=N2)[C@H](Cc2ccccc2)N=C(O)c2csc(n2)[C@H](CC(=N)O)N=C(O)c2nc-3oc2C)n1)C(=N)O. The number of aliphatic hydroxyl groups excluding tert-OH is 9. The molecule has 2 fully saturated rings. The number of benzene rings is 2. The van der Waals surface area contributed by atoms with E-state index in [2.05, 4.69) is 54.7 Å². The van der Waals surface area contributed by atoms with Gasteiger partial charge in [0.25, 0.3) is 0 Å². The average molecular weight is 1520 g/mol. The molecular weight excluding hydrogens is 1450 g/mol. The second-order valence-corrected chi connectivity index (χ2v) is 28.8. The third kappa shape index (κ3) is 16.8. The van der Waals surface area contributed by atoms with Gasteiger partial charge in [0.15, 0.2) is 11.6 Å². The number of rotatable bonds is 17. The van der Waals surface area contributed by atoms with Gasteiger partial charge in [-0.25, -0.2) is 64.9 Å². The number of pyridine rings is 1. The van der Waals surface area contributed by atoms with Crippen molar-refractivity contribution in [2.45, 2.75) is 101 Å². The van der Waals surface area contributed by atoms with E-state index in [-0.39, 0.29) is 105 Å². The van der Waals surface area contributed by atoms with Crippen LogP contribution in [-0.4, -0.2) is 210 Å². The topological polar surface area (TPSA) is 480 Å². The minimum atomic E-state index is -1.27. The summed E-state index contributed by atoms with van der Waals surface area (Å²) >= 11 is 6.01. The van der Waals surface area contributed by atoms with E-state index in [0.29, 0.717) is 57.8 Å². The van der Waals surface area contributed by atoms with Crippen molar-refractivity contribution < 1.29 is 65.1 Å². The van der Waals surface area contributed by atoms with Gasteiger partial charge < -0.3 is 65.3 Å². The monoisotopic (exact) mass is 1510 g/mol. The lowest BCUT2D eigenvalue weighted by atomic mass is 10.0. The van der Waals surface area contributed by atoms with E-state index >= 15 is 4.79 Å². The number of amides is 2. The Balaban J connectivity index is 0.876. The predicted octanol–water partition coefficient (Wildman–Crippen LogP) is 11.9. The fourth-order valence-corrected chi connectivity index (χ4v) is 16.1. The van der Waals surface area contributed by atoms with Crippen LogP contribution >= 0.6 is 57.1 Å². The molecule has 36 heteroatoms. The minimum Gasteiger partial charge on any atom is -0.508 e. The van der Waals surface area contributed by atoms with Gasteiger partial charge in [0.2, 0.25) is 64.9 Å². The second kappa shape index (κ2) is 31.6. The number of oxazole rings is 1. The van der Waals surface area contributed by atoms with Crippen LogP contribution in [-0.2, 0) is 22.4 Å². The average Bonchev–Trinajstić information content (AvgIpc) is 1.60. The summed E-state index contributed by atoms with van der Waals surface area (Å²) in [7, 11) is 0. The summed E-state index contributed by atoms with van der Waals surface area (Å²) in [5, 5.41) is 133. The van der Waals surface area contributed by atoms with Gasteiger partial charge in [-0.2, -0.15) is 0 Å². The van der Waals surface area contributed by atoms with Gasteiger partial charge in [-0.05, 0) is 74.9 Å². The first-order valence-electron chi connectivity index (χ1n) is 32.3. The number of aliphatic imine (C=N–C) groups is 8. The number of nitrogens with zero attached hydrogens (tertiary/aromatic N) is 16. The zero-order chi connectivity index (χ0) is 74.5. The van der Waals surface area contributed by atoms with Crippen molar-refractivity contribution in [1.82, 2.24) is 39.7 Å². The summed E-state index contributed by atoms with van der Waals surface area (Å²) in [6.45, 7) is 14.0. The molecule has 540 valence electrons. The van der Waals surface area contributed by atoms with Crippen LogP contribution < -0.4 is 0 Å². The zero-order valence-corrected chi connectivity index (χ0v) is 59.9. The maximum absolute atomic E-state index is 15.1. The lowest BCUT2D eigenvalue weighted by Gasteiger charge is -2.26. The summed E-state index contributed by atoms with van der Waals surface area (Å²) in [6, 6.07) is 12.3. The predicted molar refractivity (Wildman–Crippen MR) is 404 cm³/mol. The lowest BCUT2D eigenvalue weighted by molar-refractivity contribution is -0.133. The maximum atomic E-state index is 15.1. The number of phenolic OH excluding ortho intramolecular Hbond substituents is 1. The number of fused-ring (bicyclic) bond motifs is 15. The Morgan fingerprint density at radius 3 is 2.10 bits per heavy atom. The van der Waals surface area contributed by atoms with E-state index in [4.69, 9.17) is 50.1 Å². The van der Waals surface area contributed by atoms with Gasteiger partial charge in [-0.3, -0.25) is 25.4 Å². The lowest BCUT2D eigenvalue weighted by Crippen LogP contribution is -2.44. The van der Waals surface area contributed by atoms with Gasteiger partial charge in [-0.1, -0.05) is 62.2 Å². The molecule has 4 aliphatic rings. The highest BCUT2D eigenvalue weighted by molar-refractivity contribution is 8.14. The first-order chi connectivity index (χ1) is 50.3. The standard InChI is InChI=1S/C69H66N18O13S5/c1-31(54(71)90)72-55(91)33(3)74-60(96)49-13-9-21-86(49)68(98)34(4)75-56(92)32(2)73-57(93)45-27-102-63(81-45)40-20-19-39-53(76-40)44-26-101-66(80-44)48-30-105-67(84-48)50-14-10-22-87(50)69(99)43(24-37-15-17-38(88)18-16-37)79-59(95)47-29-103-64(82-47)41(23-36-11-7-6-8-12-36)77-58(94)46-28-104-65(83-46)42(25-51(70)89)78-61(97)52-35(5)100-62(39)85-52/h6-8,11-12,15-20,26-28,30,34,41-43,47,49-50,88H,1-3,9-10,13-14,21-25,29H2,4-5H3,(H2,70,89)(H2,71,90)(H,72,91)(H,73,93)(H,74,96)(H,75,92)(H,77,94)(H,78,97)(H,79,95)/t34-,41-,42-,43-,47-,49-,50-/m0/s1. The number of likely N-dealkylation sites (tertiary alicyclic amines) is 1. The van der Waals surface area contributed by atoms with Crippen LogP contribution in [0.15, 0.2) is 169 Å². The van der Waals surface area contributed by atoms with E-state index in [1.54, 1.807) is 41.5 Å². The van der Waals surface area contributed by atoms with Crippen molar-refractivity contribution in [2.75, 3.05) is 18.8 Å². The molecule has 105 heavy (non-hydrogen) atoms. The fourth-order valence-electron chi connectivity index (χ4n) is 11.6. The molecule has 2 amide bonds. The van der Waals surface area contributed by atoms with Gasteiger partial charge in [-0.15, -0.1) is 57.1 Å². The van der Waals surface area contributed by atoms with Gasteiger partial charge in [0.1, 0.15) is 113 Å². The summed E-state index contributed by atoms with van der Waals surface area (Å²) in [6.07, 6.45) is 1.84. The fraction of sp³-hybridized carbons (Fsp3) is 0.275. The van der Waals surface area contributed by atoms with Crippen LogP contribution in [0, 0.1) is 17.7 Å². The van der Waals surface area contributed by atoms with E-state index < -0.39 is 119 Å². The second-order valence-electron chi connectivity index (χ2n) is 24.2. The molecule has 2 saturated heterocycles. The Labute approximate surface area is 617 Å². The van der Waals surface area contributed by atoms with Crippen molar-refractivity contribution in [2.24, 2.45) is 39.9 Å². The van der Waals surface area contributed by atoms with E-state index in [1.165, 1.54) is 69.2 Å². The molecule has 2 aromatic carbocycles. The molecule has 7 atom stereocenters. The molecule has 0 radical (unpaired) electrons. The van der Waals surface area contributed by atoms with Gasteiger partial charge in [0, 0.05) is 53.2 Å². The van der Waals surface area contributed by atoms with Crippen LogP contribution in [0.1, 0.15) is 95.1 Å². The van der Waals surface area contributed by atoms with Crippen LogP contribution in [0.4, 0.5) is 0 Å². The van der Waals surface area contributed by atoms with Crippen molar-refractivity contribution in [3.8, 4) is 50.0 Å². The Morgan fingerprint density at radius 1 is 0.657 bits per heavy atom. The van der Waals surface area contributed by atoms with Crippen LogP contribution in [0.25, 0.3) is 44.2 Å². The highest BCUT2D eigenvalue weighted by Gasteiger charge is 2.39. The molecule has 8 aromatic rings. The number of aromatic nitrogens is 6. The summed E-state index contributed by atoms with van der Waals surface area (Å²) in [5.74, 6) is -6.91. The molecular formula is C69H66N18O13S5. The number of nitrogens with one attached hydrogen (secondary N) is 2. The molecule has 10 heterocycles. The summed E-state index contributed by atoms with van der Waals surface area (Å²) in [5.41, 5.74) is 1.56. The molecule has 6 aromatic heterocycles. The van der Waals surface area contributed by atoms with Crippen LogP contribution in [0.5, 0.6) is 5.75 Å². The Morgan fingerprint density at radius 2 is 1.33 bits per heavy atom. The Kier molecular flexibility index (Phi) is 22.1. The minimum absolute atomic E-state index is 0.0201.